The molecule has 2 aromatic rings. The highest BCUT2D eigenvalue weighted by Crippen LogP contribution is 2.27. The molecule has 3 heterocycles. The predicted octanol–water partition coefficient (Wildman–Crippen LogP) is 5.23. The van der Waals surface area contributed by atoms with Gasteiger partial charge in [0.15, 0.2) is 0 Å². The van der Waals surface area contributed by atoms with E-state index in [9.17, 15) is 9.18 Å². The molecule has 0 bridgehead atoms. The number of likely N-dealkylation sites (tertiary alicyclic amines) is 1. The largest absolute Gasteiger partial charge is 0.353 e. The topological polar surface area (TPSA) is 51.7 Å². The van der Waals surface area contributed by atoms with E-state index in [4.69, 9.17) is 23.2 Å². The second-order valence-corrected chi connectivity index (χ2v) is 11.1. The van der Waals surface area contributed by atoms with Crippen molar-refractivity contribution < 1.29 is 10.6 Å². The van der Waals surface area contributed by atoms with E-state index in [1.165, 1.54) is 12.8 Å². The van der Waals surface area contributed by atoms with E-state index in [0.29, 0.717) is 16.6 Å². The summed E-state index contributed by atoms with van der Waals surface area (Å²) >= 11 is 12.4. The monoisotopic (exact) mass is 535 g/mol. The molecule has 1 aromatic heterocycles. The Bertz CT molecular complexity index is 1070. The molecule has 1 aromatic carbocycles. The molecule has 1 aliphatic carbocycles. The molecule has 2 saturated heterocycles. The van der Waals surface area contributed by atoms with Gasteiger partial charge in [0.1, 0.15) is 11.6 Å². The molecule has 9 heteroatoms. The van der Waals surface area contributed by atoms with Crippen molar-refractivity contribution in [2.24, 2.45) is 0 Å². The average molecular weight is 537 g/mol. The van der Waals surface area contributed by atoms with E-state index in [-0.39, 0.29) is 24.2 Å². The average Bonchev–Trinajstić information content (AvgIpc) is 3.40. The zero-order chi connectivity index (χ0) is 25.1. The number of hydrogen-bond acceptors (Lipinski definition) is 5. The SMILES string of the molecule is O=C(NC1CCCC1)c1cnc(N2CCN(C3CCN(Cc4ccc(Cl)c(F)c4)CC3)CC2)c(Cl)c1.[HH]. The molecule has 1 amide bonds. The number of amides is 1. The molecule has 3 aliphatic rings. The van der Waals surface area contributed by atoms with Crippen LogP contribution >= 0.6 is 23.2 Å². The van der Waals surface area contributed by atoms with Crippen molar-refractivity contribution in [3.63, 3.8) is 0 Å². The number of anilines is 1. The van der Waals surface area contributed by atoms with Gasteiger partial charge < -0.3 is 10.2 Å². The van der Waals surface area contributed by atoms with Crippen LogP contribution in [0.2, 0.25) is 10.0 Å². The fourth-order valence-corrected chi connectivity index (χ4v) is 6.17. The van der Waals surface area contributed by atoms with Gasteiger partial charge in [-0.3, -0.25) is 14.6 Å². The van der Waals surface area contributed by atoms with Crippen molar-refractivity contribution in [1.29, 1.82) is 0 Å². The van der Waals surface area contributed by atoms with Crippen molar-refractivity contribution in [2.75, 3.05) is 44.2 Å². The summed E-state index contributed by atoms with van der Waals surface area (Å²) in [6, 6.07) is 7.68. The fraction of sp³-hybridized carbons (Fsp3) is 0.556. The van der Waals surface area contributed by atoms with E-state index in [1.807, 2.05) is 6.07 Å². The highest BCUT2D eigenvalue weighted by molar-refractivity contribution is 6.33. The lowest BCUT2D eigenvalue weighted by molar-refractivity contribution is 0.0937. The molecule has 6 nitrogen and oxygen atoms in total. The number of pyridine rings is 1. The first kappa shape index (κ1) is 25.7. The normalized spacial score (nSPS) is 20.7. The second kappa shape index (κ2) is 11.6. The van der Waals surface area contributed by atoms with Crippen LogP contribution < -0.4 is 10.2 Å². The molecule has 36 heavy (non-hydrogen) atoms. The number of nitrogens with zero attached hydrogens (tertiary/aromatic N) is 4. The minimum atomic E-state index is -0.349. The molecule has 1 N–H and O–H groups in total. The first-order chi connectivity index (χ1) is 17.5. The summed E-state index contributed by atoms with van der Waals surface area (Å²) in [5.41, 5.74) is 1.50. The van der Waals surface area contributed by atoms with E-state index in [0.717, 1.165) is 82.9 Å². The Balaban J connectivity index is 0.00000320. The Morgan fingerprint density at radius 2 is 1.72 bits per heavy atom. The molecule has 196 valence electrons. The lowest BCUT2D eigenvalue weighted by Gasteiger charge is -2.43. The molecule has 0 atom stereocenters. The Labute approximate surface area is 224 Å². The van der Waals surface area contributed by atoms with Crippen LogP contribution in [0.5, 0.6) is 0 Å². The van der Waals surface area contributed by atoms with Crippen molar-refractivity contribution >= 4 is 34.9 Å². The fourth-order valence-electron chi connectivity index (χ4n) is 5.76. The number of piperidine rings is 1. The van der Waals surface area contributed by atoms with Gasteiger partial charge in [0.2, 0.25) is 0 Å². The number of piperazine rings is 1. The third-order valence-corrected chi connectivity index (χ3v) is 8.44. The molecule has 3 fully saturated rings. The van der Waals surface area contributed by atoms with E-state index < -0.39 is 0 Å². The second-order valence-electron chi connectivity index (χ2n) is 10.3. The number of rotatable bonds is 6. The summed E-state index contributed by atoms with van der Waals surface area (Å²) in [5.74, 6) is 0.331. The third-order valence-electron chi connectivity index (χ3n) is 7.85. The third kappa shape index (κ3) is 6.13. The van der Waals surface area contributed by atoms with Crippen molar-refractivity contribution in [3.05, 3.63) is 57.5 Å². The van der Waals surface area contributed by atoms with Crippen LogP contribution in [0.25, 0.3) is 0 Å². The summed E-state index contributed by atoms with van der Waals surface area (Å²) in [4.78, 5) is 24.3. The lowest BCUT2D eigenvalue weighted by atomic mass is 10.0. The van der Waals surface area contributed by atoms with Crippen LogP contribution in [0.1, 0.15) is 55.9 Å². The number of hydrogen-bond donors (Lipinski definition) is 1. The minimum absolute atomic E-state index is 0. The van der Waals surface area contributed by atoms with Gasteiger partial charge in [-0.15, -0.1) is 0 Å². The van der Waals surface area contributed by atoms with Crippen LogP contribution in [0.3, 0.4) is 0 Å². The molecule has 0 unspecified atom stereocenters. The first-order valence-electron chi connectivity index (χ1n) is 13.1. The molecule has 2 aliphatic heterocycles. The Hall–Kier alpha value is -1.93. The number of carbonyl (C=O) groups is 1. The van der Waals surface area contributed by atoms with Gasteiger partial charge in [-0.05, 0) is 62.5 Å². The van der Waals surface area contributed by atoms with Crippen LogP contribution in [0, 0.1) is 5.82 Å². The summed E-state index contributed by atoms with van der Waals surface area (Å²) in [5, 5.41) is 3.81. The van der Waals surface area contributed by atoms with Crippen LogP contribution in [0.15, 0.2) is 30.5 Å². The number of benzene rings is 1. The molecular weight excluding hydrogens is 500 g/mol. The van der Waals surface area contributed by atoms with Gasteiger partial charge in [0.05, 0.1) is 15.6 Å². The van der Waals surface area contributed by atoms with Crippen LogP contribution in [-0.2, 0) is 6.54 Å². The van der Waals surface area contributed by atoms with Crippen LogP contribution in [-0.4, -0.2) is 72.0 Å². The summed E-state index contributed by atoms with van der Waals surface area (Å²) in [6.07, 6.45) is 8.34. The zero-order valence-corrected chi connectivity index (χ0v) is 22.1. The summed E-state index contributed by atoms with van der Waals surface area (Å²) < 4.78 is 13.8. The van der Waals surface area contributed by atoms with Crippen molar-refractivity contribution in [3.8, 4) is 0 Å². The smallest absolute Gasteiger partial charge is 0.253 e. The van der Waals surface area contributed by atoms with E-state index in [2.05, 4.69) is 25.0 Å². The lowest BCUT2D eigenvalue weighted by Crippen LogP contribution is -2.53. The quantitative estimate of drug-likeness (QED) is 0.548. The van der Waals surface area contributed by atoms with Crippen molar-refractivity contribution in [2.45, 2.75) is 57.2 Å². The van der Waals surface area contributed by atoms with Gasteiger partial charge >= 0.3 is 0 Å². The summed E-state index contributed by atoms with van der Waals surface area (Å²) in [7, 11) is 0. The van der Waals surface area contributed by atoms with Crippen molar-refractivity contribution in [1.82, 2.24) is 20.1 Å². The number of aromatic nitrogens is 1. The van der Waals surface area contributed by atoms with Gasteiger partial charge in [-0.1, -0.05) is 42.1 Å². The molecular formula is C27H36Cl2FN5O. The zero-order valence-electron chi connectivity index (χ0n) is 20.6. The molecule has 0 radical (unpaired) electrons. The maximum Gasteiger partial charge on any atom is 0.253 e. The molecule has 5 rings (SSSR count). The Kier molecular flexibility index (Phi) is 8.31. The van der Waals surface area contributed by atoms with Gasteiger partial charge in [0.25, 0.3) is 5.91 Å². The minimum Gasteiger partial charge on any atom is -0.353 e. The maximum atomic E-state index is 13.8. The standard InChI is InChI=1S/C27H34Cl2FN5O.H2/c28-23-6-5-19(15-25(23)30)18-33-9-7-22(8-10-33)34-11-13-35(14-12-34)26-24(29)16-20(17-31-26)27(36)32-21-3-1-2-4-21;/h5-6,15-17,21-22H,1-4,7-14,18H2,(H,32,36);1H. The Morgan fingerprint density at radius 1 is 1.00 bits per heavy atom. The highest BCUT2D eigenvalue weighted by atomic mass is 35.5. The summed E-state index contributed by atoms with van der Waals surface area (Å²) in [6.45, 7) is 6.44. The van der Waals surface area contributed by atoms with Gasteiger partial charge in [0, 0.05) is 52.4 Å². The van der Waals surface area contributed by atoms with E-state index in [1.54, 1.807) is 24.4 Å². The number of nitrogens with one attached hydrogen (secondary N) is 1. The molecule has 0 spiro atoms. The molecule has 1 saturated carbocycles. The van der Waals surface area contributed by atoms with Gasteiger partial charge in [-0.25, -0.2) is 9.37 Å². The van der Waals surface area contributed by atoms with E-state index >= 15 is 0 Å². The predicted molar refractivity (Wildman–Crippen MR) is 145 cm³/mol. The number of carbonyl (C=O) groups excluding carboxylic acids is 1. The first-order valence-corrected chi connectivity index (χ1v) is 13.8. The van der Waals surface area contributed by atoms with Crippen LogP contribution in [0.4, 0.5) is 10.2 Å². The highest BCUT2D eigenvalue weighted by Gasteiger charge is 2.29. The van der Waals surface area contributed by atoms with Gasteiger partial charge in [-0.2, -0.15) is 0 Å². The Morgan fingerprint density at radius 3 is 2.39 bits per heavy atom. The number of halogens is 3. The maximum absolute atomic E-state index is 13.8.